The van der Waals surface area contributed by atoms with Crippen molar-refractivity contribution in [3.63, 3.8) is 0 Å². The Labute approximate surface area is 125 Å². The number of pyridine rings is 1. The second-order valence-electron chi connectivity index (χ2n) is 5.77. The van der Waals surface area contributed by atoms with Gasteiger partial charge < -0.3 is 5.32 Å². The number of aromatic nitrogens is 1. The van der Waals surface area contributed by atoms with Gasteiger partial charge in [-0.2, -0.15) is 0 Å². The second kappa shape index (κ2) is 10.8. The monoisotopic (exact) mass is 276 g/mol. The van der Waals surface area contributed by atoms with Gasteiger partial charge in [0.2, 0.25) is 0 Å². The van der Waals surface area contributed by atoms with Gasteiger partial charge in [-0.05, 0) is 37.9 Å². The molecule has 1 heterocycles. The van der Waals surface area contributed by atoms with Crippen LogP contribution in [0.15, 0.2) is 18.3 Å². The van der Waals surface area contributed by atoms with Crippen LogP contribution in [0, 0.1) is 6.92 Å². The lowest BCUT2D eigenvalue weighted by molar-refractivity contribution is 0.457. The molecular formula is C18H32N2. The van der Waals surface area contributed by atoms with Crippen molar-refractivity contribution in [1.29, 1.82) is 0 Å². The van der Waals surface area contributed by atoms with Crippen molar-refractivity contribution in [3.05, 3.63) is 29.6 Å². The minimum atomic E-state index is 0.433. The van der Waals surface area contributed by atoms with Crippen LogP contribution in [0.2, 0.25) is 0 Å². The molecule has 1 N–H and O–H groups in total. The molecule has 1 unspecified atom stereocenters. The molecule has 20 heavy (non-hydrogen) atoms. The van der Waals surface area contributed by atoms with Gasteiger partial charge in [-0.3, -0.25) is 4.98 Å². The maximum atomic E-state index is 4.60. The van der Waals surface area contributed by atoms with Crippen molar-refractivity contribution in [2.75, 3.05) is 6.54 Å². The summed E-state index contributed by atoms with van der Waals surface area (Å²) < 4.78 is 0. The highest BCUT2D eigenvalue weighted by atomic mass is 14.9. The summed E-state index contributed by atoms with van der Waals surface area (Å²) in [4.78, 5) is 4.60. The molecule has 1 aromatic rings. The molecule has 0 saturated heterocycles. The van der Waals surface area contributed by atoms with Gasteiger partial charge in [0.05, 0.1) is 5.69 Å². The maximum Gasteiger partial charge on any atom is 0.0602 e. The minimum absolute atomic E-state index is 0.433. The Morgan fingerprint density at radius 3 is 2.50 bits per heavy atom. The van der Waals surface area contributed by atoms with Crippen LogP contribution < -0.4 is 5.32 Å². The fourth-order valence-corrected chi connectivity index (χ4v) is 2.65. The van der Waals surface area contributed by atoms with Gasteiger partial charge in [-0.15, -0.1) is 0 Å². The minimum Gasteiger partial charge on any atom is -0.309 e. The van der Waals surface area contributed by atoms with E-state index >= 15 is 0 Å². The number of hydrogen-bond acceptors (Lipinski definition) is 2. The first-order chi connectivity index (χ1) is 9.79. The van der Waals surface area contributed by atoms with E-state index in [0.717, 1.165) is 6.54 Å². The molecule has 0 amide bonds. The Bertz CT molecular complexity index is 349. The molecule has 0 aliphatic carbocycles. The Morgan fingerprint density at radius 1 is 1.05 bits per heavy atom. The summed E-state index contributed by atoms with van der Waals surface area (Å²) in [5.41, 5.74) is 2.56. The van der Waals surface area contributed by atoms with Gasteiger partial charge in [0.25, 0.3) is 0 Å². The summed E-state index contributed by atoms with van der Waals surface area (Å²) in [6.45, 7) is 7.75. The van der Waals surface area contributed by atoms with Crippen molar-refractivity contribution in [3.8, 4) is 0 Å². The number of rotatable bonds is 11. The summed E-state index contributed by atoms with van der Waals surface area (Å²) in [5, 5.41) is 3.67. The van der Waals surface area contributed by atoms with Crippen molar-refractivity contribution >= 4 is 0 Å². The van der Waals surface area contributed by atoms with Crippen LogP contribution in [-0.4, -0.2) is 11.5 Å². The summed E-state index contributed by atoms with van der Waals surface area (Å²) >= 11 is 0. The van der Waals surface area contributed by atoms with Crippen LogP contribution in [0.25, 0.3) is 0 Å². The highest BCUT2D eigenvalue weighted by molar-refractivity contribution is 5.21. The molecule has 0 aliphatic heterocycles. The Kier molecular flexibility index (Phi) is 9.31. The SMILES string of the molecule is CCCCCCCCC(NCCC)c1ncccc1C. The van der Waals surface area contributed by atoms with Crippen LogP contribution in [0.1, 0.15) is 82.5 Å². The van der Waals surface area contributed by atoms with Gasteiger partial charge in [0.1, 0.15) is 0 Å². The van der Waals surface area contributed by atoms with E-state index in [1.165, 1.54) is 62.6 Å². The van der Waals surface area contributed by atoms with Crippen molar-refractivity contribution in [1.82, 2.24) is 10.3 Å². The number of unbranched alkanes of at least 4 members (excludes halogenated alkanes) is 5. The quantitative estimate of drug-likeness (QED) is 0.563. The lowest BCUT2D eigenvalue weighted by Crippen LogP contribution is -2.23. The first kappa shape index (κ1) is 17.2. The zero-order valence-corrected chi connectivity index (χ0v) is 13.6. The zero-order chi connectivity index (χ0) is 14.6. The second-order valence-corrected chi connectivity index (χ2v) is 5.77. The van der Waals surface area contributed by atoms with Crippen LogP contribution in [-0.2, 0) is 0 Å². The van der Waals surface area contributed by atoms with E-state index in [9.17, 15) is 0 Å². The number of nitrogens with zero attached hydrogens (tertiary/aromatic N) is 1. The average molecular weight is 276 g/mol. The van der Waals surface area contributed by atoms with Gasteiger partial charge >= 0.3 is 0 Å². The molecule has 0 bridgehead atoms. The molecular weight excluding hydrogens is 244 g/mol. The van der Waals surface area contributed by atoms with Crippen LogP contribution in [0.3, 0.4) is 0 Å². The summed E-state index contributed by atoms with van der Waals surface area (Å²) in [6, 6.07) is 4.63. The van der Waals surface area contributed by atoms with E-state index in [1.807, 2.05) is 12.3 Å². The number of nitrogens with one attached hydrogen (secondary N) is 1. The third-order valence-electron chi connectivity index (χ3n) is 3.87. The van der Waals surface area contributed by atoms with Crippen molar-refractivity contribution in [2.45, 2.75) is 78.2 Å². The Balaban J connectivity index is 2.42. The Morgan fingerprint density at radius 2 is 1.80 bits per heavy atom. The summed E-state index contributed by atoms with van der Waals surface area (Å²) in [5.74, 6) is 0. The fraction of sp³-hybridized carbons (Fsp3) is 0.722. The van der Waals surface area contributed by atoms with E-state index in [0.29, 0.717) is 6.04 Å². The third kappa shape index (κ3) is 6.51. The molecule has 0 fully saturated rings. The predicted octanol–water partition coefficient (Wildman–Crippen LogP) is 5.18. The molecule has 1 atom stereocenters. The first-order valence-corrected chi connectivity index (χ1v) is 8.44. The van der Waals surface area contributed by atoms with Crippen LogP contribution in [0.5, 0.6) is 0 Å². The van der Waals surface area contributed by atoms with Gasteiger partial charge in [0.15, 0.2) is 0 Å². The maximum absolute atomic E-state index is 4.60. The Hall–Kier alpha value is -0.890. The normalized spacial score (nSPS) is 12.6. The van der Waals surface area contributed by atoms with Gasteiger partial charge in [0, 0.05) is 12.2 Å². The largest absolute Gasteiger partial charge is 0.309 e. The topological polar surface area (TPSA) is 24.9 Å². The van der Waals surface area contributed by atoms with E-state index in [4.69, 9.17) is 0 Å². The predicted molar refractivity (Wildman–Crippen MR) is 88.0 cm³/mol. The number of aryl methyl sites for hydroxylation is 1. The molecule has 0 aromatic carbocycles. The van der Waals surface area contributed by atoms with E-state index in [1.54, 1.807) is 0 Å². The van der Waals surface area contributed by atoms with E-state index < -0.39 is 0 Å². The van der Waals surface area contributed by atoms with E-state index in [-0.39, 0.29) is 0 Å². The molecule has 0 aliphatic rings. The van der Waals surface area contributed by atoms with Crippen LogP contribution >= 0.6 is 0 Å². The molecule has 2 heteroatoms. The van der Waals surface area contributed by atoms with Crippen molar-refractivity contribution in [2.24, 2.45) is 0 Å². The number of hydrogen-bond donors (Lipinski definition) is 1. The molecule has 0 radical (unpaired) electrons. The molecule has 0 spiro atoms. The smallest absolute Gasteiger partial charge is 0.0602 e. The van der Waals surface area contributed by atoms with Crippen LogP contribution in [0.4, 0.5) is 0 Å². The zero-order valence-electron chi connectivity index (χ0n) is 13.6. The third-order valence-corrected chi connectivity index (χ3v) is 3.87. The van der Waals surface area contributed by atoms with Gasteiger partial charge in [-0.1, -0.05) is 58.4 Å². The first-order valence-electron chi connectivity index (χ1n) is 8.44. The molecule has 2 nitrogen and oxygen atoms in total. The highest BCUT2D eigenvalue weighted by Crippen LogP contribution is 2.21. The average Bonchev–Trinajstić information content (AvgIpc) is 2.47. The lowest BCUT2D eigenvalue weighted by atomic mass is 10.0. The van der Waals surface area contributed by atoms with Crippen molar-refractivity contribution < 1.29 is 0 Å². The van der Waals surface area contributed by atoms with E-state index in [2.05, 4.69) is 37.1 Å². The lowest BCUT2D eigenvalue weighted by Gasteiger charge is -2.19. The highest BCUT2D eigenvalue weighted by Gasteiger charge is 2.13. The molecule has 114 valence electrons. The summed E-state index contributed by atoms with van der Waals surface area (Å²) in [7, 11) is 0. The molecule has 1 rings (SSSR count). The molecule has 1 aromatic heterocycles. The molecule has 0 saturated carbocycles. The standard InChI is InChI=1S/C18H32N2/c1-4-6-7-8-9-10-13-17(19-14-5-2)18-16(3)12-11-15-20-18/h11-12,15,17,19H,4-10,13-14H2,1-3H3. The summed E-state index contributed by atoms with van der Waals surface area (Å²) in [6.07, 6.45) is 12.5. The van der Waals surface area contributed by atoms with Gasteiger partial charge in [-0.25, -0.2) is 0 Å². The fourth-order valence-electron chi connectivity index (χ4n) is 2.65.